The zero-order valence-electron chi connectivity index (χ0n) is 10.5. The summed E-state index contributed by atoms with van der Waals surface area (Å²) in [7, 11) is 0. The molecule has 1 unspecified atom stereocenters. The Morgan fingerprint density at radius 2 is 2.37 bits per heavy atom. The maximum Gasteiger partial charge on any atom is 0.269 e. The summed E-state index contributed by atoms with van der Waals surface area (Å²) < 4.78 is 1.88. The maximum atomic E-state index is 11.4. The number of nitrogens with zero attached hydrogens (tertiary/aromatic N) is 3. The second kappa shape index (κ2) is 4.64. The first-order valence-corrected chi connectivity index (χ1v) is 6.31. The van der Waals surface area contributed by atoms with Crippen molar-refractivity contribution in [2.75, 3.05) is 13.1 Å². The molecule has 2 aromatic rings. The molecule has 0 aromatic carbocycles. The highest BCUT2D eigenvalue weighted by molar-refractivity contribution is 5.97. The molecule has 6 heteroatoms. The van der Waals surface area contributed by atoms with Crippen molar-refractivity contribution in [3.8, 4) is 0 Å². The van der Waals surface area contributed by atoms with E-state index in [-0.39, 0.29) is 6.10 Å². The van der Waals surface area contributed by atoms with Crippen molar-refractivity contribution < 1.29 is 9.90 Å². The molecule has 3 heterocycles. The van der Waals surface area contributed by atoms with E-state index >= 15 is 0 Å². The molecule has 1 saturated heterocycles. The second-order valence-corrected chi connectivity index (χ2v) is 4.87. The van der Waals surface area contributed by atoms with Crippen LogP contribution < -0.4 is 5.73 Å². The number of aromatic nitrogens is 2. The number of β-amino-alcohol motifs (C(OH)–C–C–N with tert-alkyl or cyclic N) is 1. The molecule has 1 fully saturated rings. The highest BCUT2D eigenvalue weighted by Gasteiger charge is 2.23. The first kappa shape index (κ1) is 12.1. The Bertz CT molecular complexity index is 622. The predicted octanol–water partition coefficient (Wildman–Crippen LogP) is -0.000200. The number of carbonyl (C=O) groups excluding carboxylic acids is 1. The fraction of sp³-hybridized carbons (Fsp3) is 0.385. The third kappa shape index (κ3) is 2.20. The average Bonchev–Trinajstić information content (AvgIpc) is 2.95. The molecule has 0 spiro atoms. The van der Waals surface area contributed by atoms with E-state index in [0.29, 0.717) is 18.8 Å². The van der Waals surface area contributed by atoms with E-state index in [2.05, 4.69) is 9.88 Å². The minimum atomic E-state index is -0.517. The van der Waals surface area contributed by atoms with Gasteiger partial charge >= 0.3 is 0 Å². The van der Waals surface area contributed by atoms with Crippen molar-refractivity contribution in [2.45, 2.75) is 19.1 Å². The normalized spacial score (nSPS) is 20.2. The lowest BCUT2D eigenvalue weighted by molar-refractivity contribution is 0.0997. The van der Waals surface area contributed by atoms with Gasteiger partial charge in [0.1, 0.15) is 5.82 Å². The van der Waals surface area contributed by atoms with Crippen LogP contribution in [0.5, 0.6) is 0 Å². The molecule has 1 atom stereocenters. The quantitative estimate of drug-likeness (QED) is 0.813. The topological polar surface area (TPSA) is 83.9 Å². The molecule has 0 bridgehead atoms. The van der Waals surface area contributed by atoms with Crippen LogP contribution in [-0.2, 0) is 6.54 Å². The number of imidazole rings is 1. The summed E-state index contributed by atoms with van der Waals surface area (Å²) >= 11 is 0. The fourth-order valence-electron chi connectivity index (χ4n) is 2.55. The van der Waals surface area contributed by atoms with Crippen molar-refractivity contribution in [1.82, 2.24) is 14.3 Å². The van der Waals surface area contributed by atoms with Gasteiger partial charge in [0.05, 0.1) is 18.2 Å². The summed E-state index contributed by atoms with van der Waals surface area (Å²) in [5.41, 5.74) is 6.38. The van der Waals surface area contributed by atoms with Crippen molar-refractivity contribution in [1.29, 1.82) is 0 Å². The SMILES string of the molecule is NC(=O)c1nc(CN2CCC(O)C2)n2ccccc12. The summed E-state index contributed by atoms with van der Waals surface area (Å²) in [5.74, 6) is 0.259. The van der Waals surface area contributed by atoms with Crippen LogP contribution in [0.2, 0.25) is 0 Å². The number of fused-ring (bicyclic) bond motifs is 1. The van der Waals surface area contributed by atoms with Crippen LogP contribution in [0.4, 0.5) is 0 Å². The van der Waals surface area contributed by atoms with E-state index in [1.165, 1.54) is 0 Å². The van der Waals surface area contributed by atoms with Crippen molar-refractivity contribution in [2.24, 2.45) is 5.73 Å². The Labute approximate surface area is 110 Å². The summed E-state index contributed by atoms with van der Waals surface area (Å²) in [5, 5.41) is 9.54. The van der Waals surface area contributed by atoms with Gasteiger partial charge in [0, 0.05) is 19.3 Å². The van der Waals surface area contributed by atoms with Gasteiger partial charge in [-0.3, -0.25) is 9.69 Å². The molecule has 6 nitrogen and oxygen atoms in total. The molecule has 1 aliphatic rings. The lowest BCUT2D eigenvalue weighted by atomic mass is 10.3. The Kier molecular flexibility index (Phi) is 2.96. The Morgan fingerprint density at radius 3 is 3.05 bits per heavy atom. The van der Waals surface area contributed by atoms with Crippen LogP contribution in [0, 0.1) is 0 Å². The van der Waals surface area contributed by atoms with Crippen LogP contribution in [0.1, 0.15) is 22.7 Å². The molecule has 3 N–H and O–H groups in total. The largest absolute Gasteiger partial charge is 0.392 e. The van der Waals surface area contributed by atoms with Gasteiger partial charge in [-0.25, -0.2) is 4.98 Å². The Balaban J connectivity index is 1.97. The van der Waals surface area contributed by atoms with Crippen LogP contribution >= 0.6 is 0 Å². The first-order valence-electron chi connectivity index (χ1n) is 6.31. The van der Waals surface area contributed by atoms with Crippen molar-refractivity contribution in [3.05, 3.63) is 35.9 Å². The van der Waals surface area contributed by atoms with Gasteiger partial charge in [0.2, 0.25) is 0 Å². The van der Waals surface area contributed by atoms with Gasteiger partial charge in [-0.2, -0.15) is 0 Å². The number of amides is 1. The summed E-state index contributed by atoms with van der Waals surface area (Å²) in [4.78, 5) is 17.9. The van der Waals surface area contributed by atoms with Gasteiger partial charge in [0.15, 0.2) is 5.69 Å². The van der Waals surface area contributed by atoms with Gasteiger partial charge in [0.25, 0.3) is 5.91 Å². The number of nitrogens with two attached hydrogens (primary N) is 1. The maximum absolute atomic E-state index is 11.4. The smallest absolute Gasteiger partial charge is 0.269 e. The molecule has 1 aliphatic heterocycles. The Hall–Kier alpha value is -1.92. The van der Waals surface area contributed by atoms with E-state index in [4.69, 9.17) is 5.73 Å². The molecular weight excluding hydrogens is 244 g/mol. The molecule has 0 radical (unpaired) electrons. The van der Waals surface area contributed by atoms with Gasteiger partial charge < -0.3 is 15.2 Å². The third-order valence-corrected chi connectivity index (χ3v) is 3.47. The van der Waals surface area contributed by atoms with Crippen LogP contribution in [0.15, 0.2) is 24.4 Å². The van der Waals surface area contributed by atoms with E-state index in [9.17, 15) is 9.90 Å². The lowest BCUT2D eigenvalue weighted by Gasteiger charge is -2.13. The van der Waals surface area contributed by atoms with Crippen LogP contribution in [0.25, 0.3) is 5.52 Å². The molecule has 3 rings (SSSR count). The number of likely N-dealkylation sites (tertiary alicyclic amines) is 1. The number of primary amides is 1. The zero-order valence-corrected chi connectivity index (χ0v) is 10.5. The molecule has 0 aliphatic carbocycles. The van der Waals surface area contributed by atoms with Crippen LogP contribution in [0.3, 0.4) is 0 Å². The molecule has 2 aromatic heterocycles. The lowest BCUT2D eigenvalue weighted by Crippen LogP contribution is -2.22. The highest BCUT2D eigenvalue weighted by Crippen LogP contribution is 2.17. The molecular formula is C13H16N4O2. The summed E-state index contributed by atoms with van der Waals surface area (Å²) in [6.07, 6.45) is 2.39. The number of pyridine rings is 1. The number of rotatable bonds is 3. The monoisotopic (exact) mass is 260 g/mol. The molecule has 0 saturated carbocycles. The average molecular weight is 260 g/mol. The molecule has 100 valence electrons. The predicted molar refractivity (Wildman–Crippen MR) is 69.6 cm³/mol. The number of hydrogen-bond acceptors (Lipinski definition) is 4. The van der Waals surface area contributed by atoms with E-state index < -0.39 is 5.91 Å². The zero-order chi connectivity index (χ0) is 13.4. The standard InChI is InChI=1S/C13H16N4O2/c14-13(19)12-10-3-1-2-5-17(10)11(15-12)8-16-6-4-9(18)7-16/h1-3,5,9,18H,4,6-8H2,(H2,14,19). The second-order valence-electron chi connectivity index (χ2n) is 4.87. The van der Waals surface area contributed by atoms with Crippen molar-refractivity contribution in [3.63, 3.8) is 0 Å². The first-order chi connectivity index (χ1) is 9.15. The van der Waals surface area contributed by atoms with Gasteiger partial charge in [-0.1, -0.05) is 6.07 Å². The minimum Gasteiger partial charge on any atom is -0.392 e. The molecule has 19 heavy (non-hydrogen) atoms. The van der Waals surface area contributed by atoms with Crippen LogP contribution in [-0.4, -0.2) is 44.5 Å². The summed E-state index contributed by atoms with van der Waals surface area (Å²) in [6.45, 7) is 2.10. The van der Waals surface area contributed by atoms with Crippen molar-refractivity contribution >= 4 is 11.4 Å². The fourth-order valence-corrected chi connectivity index (χ4v) is 2.55. The van der Waals surface area contributed by atoms with Gasteiger partial charge in [-0.15, -0.1) is 0 Å². The number of aliphatic hydroxyl groups is 1. The van der Waals surface area contributed by atoms with E-state index in [1.807, 2.05) is 28.8 Å². The Morgan fingerprint density at radius 1 is 1.53 bits per heavy atom. The van der Waals surface area contributed by atoms with Gasteiger partial charge in [-0.05, 0) is 18.6 Å². The third-order valence-electron chi connectivity index (χ3n) is 3.47. The van der Waals surface area contributed by atoms with E-state index in [1.54, 1.807) is 0 Å². The number of carbonyl (C=O) groups is 1. The molecule has 1 amide bonds. The van der Waals surface area contributed by atoms with E-state index in [0.717, 1.165) is 24.3 Å². The number of hydrogen-bond donors (Lipinski definition) is 2. The highest BCUT2D eigenvalue weighted by atomic mass is 16.3. The minimum absolute atomic E-state index is 0.262. The summed E-state index contributed by atoms with van der Waals surface area (Å²) in [6, 6.07) is 5.57. The number of aliphatic hydroxyl groups excluding tert-OH is 1.